The third-order valence-corrected chi connectivity index (χ3v) is 11.0. The maximum Gasteiger partial charge on any atom is 0.412 e. The van der Waals surface area contributed by atoms with E-state index in [1.807, 2.05) is 121 Å². The van der Waals surface area contributed by atoms with Crippen LogP contribution in [0.3, 0.4) is 0 Å². The largest absolute Gasteiger partial charge is 0.507 e. The van der Waals surface area contributed by atoms with Crippen LogP contribution in [0.1, 0.15) is 33.6 Å². The molecule has 8 aromatic carbocycles. The molecule has 0 spiro atoms. The van der Waals surface area contributed by atoms with E-state index in [1.54, 1.807) is 24.3 Å². The van der Waals surface area contributed by atoms with E-state index >= 15 is 0 Å². The number of amides is 2. The summed E-state index contributed by atoms with van der Waals surface area (Å²) < 4.78 is 12.0. The molecule has 4 N–H and O–H groups in total. The van der Waals surface area contributed by atoms with E-state index in [-0.39, 0.29) is 22.8 Å². The fourth-order valence-corrected chi connectivity index (χ4v) is 8.36. The van der Waals surface area contributed by atoms with Gasteiger partial charge in [0.15, 0.2) is 0 Å². The van der Waals surface area contributed by atoms with E-state index in [1.165, 1.54) is 0 Å². The molecule has 0 aromatic heterocycles. The molecule has 2 amide bonds. The van der Waals surface area contributed by atoms with Crippen LogP contribution in [0, 0.1) is 11.3 Å². The summed E-state index contributed by atoms with van der Waals surface area (Å²) >= 11 is 0. The minimum atomic E-state index is -0.587. The molecule has 0 aliphatic carbocycles. The molecule has 8 nitrogen and oxygen atoms in total. The van der Waals surface area contributed by atoms with Gasteiger partial charge in [-0.3, -0.25) is 0 Å². The second kappa shape index (κ2) is 16.4. The Morgan fingerprint density at radius 2 is 0.898 bits per heavy atom. The van der Waals surface area contributed by atoms with Gasteiger partial charge in [0, 0.05) is 35.3 Å². The molecule has 0 fully saturated rings. The van der Waals surface area contributed by atoms with Crippen molar-refractivity contribution in [1.29, 1.82) is 0 Å². The van der Waals surface area contributed by atoms with Gasteiger partial charge in [-0.1, -0.05) is 142 Å². The van der Waals surface area contributed by atoms with Crippen molar-refractivity contribution in [2.24, 2.45) is 11.3 Å². The van der Waals surface area contributed by atoms with Crippen LogP contribution in [-0.2, 0) is 0 Å². The predicted octanol–water partition coefficient (Wildman–Crippen LogP) is 12.4. The number of phenolic OH excluding ortho intramolecular Hbond substituents is 2. The molecular formula is C51H46N2O6. The highest BCUT2D eigenvalue weighted by atomic mass is 16.6. The fraction of sp³-hybridized carbons (Fsp3) is 0.176. The maximum absolute atomic E-state index is 13.4. The predicted molar refractivity (Wildman–Crippen MR) is 237 cm³/mol. The lowest BCUT2D eigenvalue weighted by Gasteiger charge is -2.28. The summed E-state index contributed by atoms with van der Waals surface area (Å²) in [5, 5.41) is 35.5. The van der Waals surface area contributed by atoms with Gasteiger partial charge in [0.05, 0.1) is 0 Å². The van der Waals surface area contributed by atoms with Crippen LogP contribution < -0.4 is 20.1 Å². The van der Waals surface area contributed by atoms with E-state index in [9.17, 15) is 19.8 Å². The summed E-state index contributed by atoms with van der Waals surface area (Å²) in [5.41, 5.74) is 2.22. The normalized spacial score (nSPS) is 12.1. The molecule has 0 saturated carbocycles. The van der Waals surface area contributed by atoms with Gasteiger partial charge in [-0.05, 0) is 91.5 Å². The van der Waals surface area contributed by atoms with Gasteiger partial charge in [0.25, 0.3) is 0 Å². The molecule has 0 aliphatic heterocycles. The number of carbonyl (C=O) groups excluding carboxylic acids is 2. The first-order valence-electron chi connectivity index (χ1n) is 19.9. The summed E-state index contributed by atoms with van der Waals surface area (Å²) in [4.78, 5) is 26.7. The molecule has 8 rings (SSSR count). The Labute approximate surface area is 343 Å². The van der Waals surface area contributed by atoms with E-state index in [0.29, 0.717) is 53.3 Å². The summed E-state index contributed by atoms with van der Waals surface area (Å²) in [6.07, 6.45) is 0.287. The lowest BCUT2D eigenvalue weighted by molar-refractivity contribution is 0.187. The molecule has 1 unspecified atom stereocenters. The highest BCUT2D eigenvalue weighted by Crippen LogP contribution is 2.46. The highest BCUT2D eigenvalue weighted by Gasteiger charge is 2.25. The first-order chi connectivity index (χ1) is 28.6. The van der Waals surface area contributed by atoms with Crippen LogP contribution in [0.2, 0.25) is 0 Å². The summed E-state index contributed by atoms with van der Waals surface area (Å²) in [5.74, 6) is 1.10. The SMILES string of the molecule is CC(CCNC(=O)Oc1ccc2ccccc2c1-c1c(O)ccc2ccccc12)CC(C)(C)CNC(=O)Oc1ccc2ccccc2c1-c1c(O)ccc2ccccc12. The Morgan fingerprint density at radius 1 is 0.525 bits per heavy atom. The first-order valence-corrected chi connectivity index (χ1v) is 19.9. The van der Waals surface area contributed by atoms with Gasteiger partial charge in [0.2, 0.25) is 0 Å². The third-order valence-electron chi connectivity index (χ3n) is 11.0. The minimum Gasteiger partial charge on any atom is -0.507 e. The number of nitrogens with one attached hydrogen (secondary N) is 2. The van der Waals surface area contributed by atoms with Crippen molar-refractivity contribution in [2.75, 3.05) is 13.1 Å². The molecule has 1 atom stereocenters. The van der Waals surface area contributed by atoms with Crippen LogP contribution >= 0.6 is 0 Å². The Balaban J connectivity index is 0.902. The number of benzene rings is 8. The van der Waals surface area contributed by atoms with Gasteiger partial charge >= 0.3 is 12.2 Å². The third kappa shape index (κ3) is 8.21. The molecule has 296 valence electrons. The van der Waals surface area contributed by atoms with Crippen molar-refractivity contribution in [2.45, 2.75) is 33.6 Å². The molecule has 59 heavy (non-hydrogen) atoms. The average Bonchev–Trinajstić information content (AvgIpc) is 3.23. The molecule has 8 heteroatoms. The van der Waals surface area contributed by atoms with E-state index < -0.39 is 12.2 Å². The van der Waals surface area contributed by atoms with Gasteiger partial charge in [-0.25, -0.2) is 9.59 Å². The minimum absolute atomic E-state index is 0.0998. The number of ether oxygens (including phenoxy) is 2. The second-order valence-electron chi connectivity index (χ2n) is 16.0. The van der Waals surface area contributed by atoms with Crippen LogP contribution in [0.5, 0.6) is 23.0 Å². The monoisotopic (exact) mass is 782 g/mol. The Kier molecular flexibility index (Phi) is 10.8. The number of hydrogen-bond donors (Lipinski definition) is 4. The van der Waals surface area contributed by atoms with E-state index in [0.717, 1.165) is 49.5 Å². The standard InChI is InChI=1S/C51H46N2O6/c1-32(28-29-52-49(56)58-43-26-22-35-14-6-10-18-39(35)47(43)45-37-16-8-4-12-33(37)20-24-41(45)54)30-51(2,3)31-53-50(57)59-44-27-23-36-15-7-11-19-40(36)48(44)46-38-17-9-5-13-34(38)21-25-42(46)55/h4-27,32,54-55H,28-31H2,1-3H3,(H,52,56)(H,53,57). The van der Waals surface area contributed by atoms with Crippen LogP contribution in [0.4, 0.5) is 9.59 Å². The Hall–Kier alpha value is -7.06. The smallest absolute Gasteiger partial charge is 0.412 e. The lowest BCUT2D eigenvalue weighted by atomic mass is 9.82. The summed E-state index contributed by atoms with van der Waals surface area (Å²) in [6.45, 7) is 7.05. The zero-order valence-electron chi connectivity index (χ0n) is 33.3. The van der Waals surface area contributed by atoms with Crippen molar-refractivity contribution < 1.29 is 29.3 Å². The van der Waals surface area contributed by atoms with Crippen LogP contribution in [-0.4, -0.2) is 35.5 Å². The van der Waals surface area contributed by atoms with Crippen molar-refractivity contribution in [3.8, 4) is 45.3 Å². The molecule has 0 radical (unpaired) electrons. The van der Waals surface area contributed by atoms with Crippen LogP contribution in [0.25, 0.3) is 65.3 Å². The number of hydrogen-bond acceptors (Lipinski definition) is 6. The lowest BCUT2D eigenvalue weighted by Crippen LogP contribution is -2.37. The second-order valence-corrected chi connectivity index (χ2v) is 16.0. The van der Waals surface area contributed by atoms with Crippen molar-refractivity contribution in [3.63, 3.8) is 0 Å². The van der Waals surface area contributed by atoms with Crippen molar-refractivity contribution in [3.05, 3.63) is 146 Å². The molecular weight excluding hydrogens is 737 g/mol. The van der Waals surface area contributed by atoms with Crippen molar-refractivity contribution in [1.82, 2.24) is 10.6 Å². The summed E-state index contributed by atoms with van der Waals surface area (Å²) in [7, 11) is 0. The number of rotatable bonds is 11. The average molecular weight is 783 g/mol. The molecule has 0 saturated heterocycles. The number of phenols is 2. The highest BCUT2D eigenvalue weighted by molar-refractivity contribution is 6.11. The molecule has 0 heterocycles. The fourth-order valence-electron chi connectivity index (χ4n) is 8.36. The number of fused-ring (bicyclic) bond motifs is 4. The Morgan fingerprint density at radius 3 is 1.34 bits per heavy atom. The van der Waals surface area contributed by atoms with Gasteiger partial charge in [0.1, 0.15) is 23.0 Å². The zero-order valence-corrected chi connectivity index (χ0v) is 33.3. The van der Waals surface area contributed by atoms with Gasteiger partial charge < -0.3 is 30.3 Å². The topological polar surface area (TPSA) is 117 Å². The first kappa shape index (κ1) is 38.8. The van der Waals surface area contributed by atoms with Gasteiger partial charge in [-0.15, -0.1) is 0 Å². The Bertz CT molecular complexity index is 2870. The molecule has 8 aromatic rings. The summed E-state index contributed by atoms with van der Waals surface area (Å²) in [6, 6.07) is 45.8. The van der Waals surface area contributed by atoms with Crippen LogP contribution in [0.15, 0.2) is 146 Å². The van der Waals surface area contributed by atoms with E-state index in [4.69, 9.17) is 9.47 Å². The van der Waals surface area contributed by atoms with Crippen molar-refractivity contribution >= 4 is 55.3 Å². The van der Waals surface area contributed by atoms with Gasteiger partial charge in [-0.2, -0.15) is 0 Å². The zero-order chi connectivity index (χ0) is 41.1. The molecule has 0 aliphatic rings. The van der Waals surface area contributed by atoms with E-state index in [2.05, 4.69) is 31.4 Å². The quantitative estimate of drug-likeness (QED) is 0.104. The molecule has 0 bridgehead atoms. The number of aromatic hydroxyl groups is 2. The maximum atomic E-state index is 13.4. The number of carbonyl (C=O) groups is 2.